The van der Waals surface area contributed by atoms with E-state index < -0.39 is 0 Å². The van der Waals surface area contributed by atoms with Crippen molar-refractivity contribution in [3.63, 3.8) is 0 Å². The third-order valence-electron chi connectivity index (χ3n) is 2.51. The molecule has 0 unspecified atom stereocenters. The van der Waals surface area contributed by atoms with E-state index >= 15 is 0 Å². The molecule has 4 N–H and O–H groups in total. The molecule has 0 aliphatic carbocycles. The van der Waals surface area contributed by atoms with Crippen LogP contribution in [0.3, 0.4) is 0 Å². The number of nitrogen functional groups attached to an aromatic ring is 1. The molecule has 0 saturated carbocycles. The molecule has 1 aromatic carbocycles. The van der Waals surface area contributed by atoms with Crippen molar-refractivity contribution in [2.24, 2.45) is 5.73 Å². The molecule has 0 radical (unpaired) electrons. The highest BCUT2D eigenvalue weighted by atomic mass is 16.5. The Labute approximate surface area is 101 Å². The van der Waals surface area contributed by atoms with Crippen LogP contribution in [0, 0.1) is 5.41 Å². The number of hydrogen-bond acceptors (Lipinski definition) is 4. The Balaban J connectivity index is 2.93. The number of benzene rings is 1. The number of aliphatic hydroxyl groups is 1. The average molecular weight is 237 g/mol. The summed E-state index contributed by atoms with van der Waals surface area (Å²) in [6, 6.07) is 5.41. The molecule has 0 heterocycles. The first kappa shape index (κ1) is 13.5. The Morgan fingerprint density at radius 2 is 2.24 bits per heavy atom. The Morgan fingerprint density at radius 3 is 2.76 bits per heavy atom. The van der Waals surface area contributed by atoms with E-state index in [-0.39, 0.29) is 12.4 Å². The van der Waals surface area contributed by atoms with E-state index in [0.717, 1.165) is 11.3 Å². The van der Waals surface area contributed by atoms with Crippen LogP contribution >= 0.6 is 0 Å². The van der Waals surface area contributed by atoms with Gasteiger partial charge in [-0.05, 0) is 25.2 Å². The van der Waals surface area contributed by atoms with E-state index in [9.17, 15) is 0 Å². The molecule has 0 bridgehead atoms. The molecule has 17 heavy (non-hydrogen) atoms. The number of ether oxygens (including phenoxy) is 1. The molecule has 0 fully saturated rings. The van der Waals surface area contributed by atoms with Crippen LogP contribution in [0.4, 0.5) is 0 Å². The van der Waals surface area contributed by atoms with E-state index in [4.69, 9.17) is 21.0 Å². The largest absolute Gasteiger partial charge is 0.496 e. The number of rotatable bonds is 6. The van der Waals surface area contributed by atoms with Gasteiger partial charge >= 0.3 is 0 Å². The monoisotopic (exact) mass is 237 g/mol. The summed E-state index contributed by atoms with van der Waals surface area (Å²) in [6.07, 6.45) is 0. The lowest BCUT2D eigenvalue weighted by Crippen LogP contribution is -2.22. The van der Waals surface area contributed by atoms with Crippen molar-refractivity contribution >= 4 is 5.84 Å². The van der Waals surface area contributed by atoms with Crippen LogP contribution in [0.25, 0.3) is 0 Å². The first-order chi connectivity index (χ1) is 8.08. The summed E-state index contributed by atoms with van der Waals surface area (Å²) in [5, 5.41) is 16.3. The van der Waals surface area contributed by atoms with Gasteiger partial charge in [0.25, 0.3) is 0 Å². The number of likely N-dealkylation sites (N-methyl/N-ethyl adjacent to an activating group) is 1. The zero-order valence-electron chi connectivity index (χ0n) is 10.2. The average Bonchev–Trinajstić information content (AvgIpc) is 2.29. The molecular weight excluding hydrogens is 218 g/mol. The Bertz CT molecular complexity index is 393. The topological polar surface area (TPSA) is 82.6 Å². The van der Waals surface area contributed by atoms with Crippen molar-refractivity contribution in [1.29, 1.82) is 5.41 Å². The number of methoxy groups -OCH3 is 1. The van der Waals surface area contributed by atoms with Gasteiger partial charge in [-0.25, -0.2) is 0 Å². The molecule has 0 aliphatic rings. The molecule has 0 saturated heterocycles. The van der Waals surface area contributed by atoms with Crippen molar-refractivity contribution in [1.82, 2.24) is 4.90 Å². The van der Waals surface area contributed by atoms with Gasteiger partial charge in [0.2, 0.25) is 0 Å². The van der Waals surface area contributed by atoms with Crippen LogP contribution in [0.1, 0.15) is 11.1 Å². The summed E-state index contributed by atoms with van der Waals surface area (Å²) in [4.78, 5) is 1.97. The quantitative estimate of drug-likeness (QED) is 0.494. The summed E-state index contributed by atoms with van der Waals surface area (Å²) < 4.78 is 5.26. The SMILES string of the molecule is COc1ccc(C(=N)N)cc1CN(C)CCO. The summed E-state index contributed by atoms with van der Waals surface area (Å²) in [5.74, 6) is 0.804. The molecule has 5 nitrogen and oxygen atoms in total. The fraction of sp³-hybridized carbons (Fsp3) is 0.417. The second-order valence-corrected chi connectivity index (χ2v) is 3.90. The third-order valence-corrected chi connectivity index (χ3v) is 2.51. The molecule has 0 spiro atoms. The maximum Gasteiger partial charge on any atom is 0.123 e. The maximum atomic E-state index is 8.86. The highest BCUT2D eigenvalue weighted by Crippen LogP contribution is 2.21. The molecule has 0 aromatic heterocycles. The predicted molar refractivity (Wildman–Crippen MR) is 67.4 cm³/mol. The van der Waals surface area contributed by atoms with Crippen molar-refractivity contribution in [2.75, 3.05) is 27.3 Å². The minimum absolute atomic E-state index is 0.0405. The normalized spacial score (nSPS) is 10.6. The minimum atomic E-state index is 0.0405. The van der Waals surface area contributed by atoms with Crippen LogP contribution in [-0.2, 0) is 6.54 Å². The van der Waals surface area contributed by atoms with Crippen LogP contribution in [0.15, 0.2) is 18.2 Å². The zero-order valence-corrected chi connectivity index (χ0v) is 10.2. The standard InChI is InChI=1S/C12H19N3O2/c1-15(5-6-16)8-10-7-9(12(13)14)3-4-11(10)17-2/h3-4,7,16H,5-6,8H2,1-2H3,(H3,13,14). The lowest BCUT2D eigenvalue weighted by molar-refractivity contribution is 0.216. The maximum absolute atomic E-state index is 8.86. The van der Waals surface area contributed by atoms with Gasteiger partial charge in [0.15, 0.2) is 0 Å². The minimum Gasteiger partial charge on any atom is -0.496 e. The third kappa shape index (κ3) is 3.72. The Kier molecular flexibility index (Phi) is 4.93. The fourth-order valence-corrected chi connectivity index (χ4v) is 1.61. The highest BCUT2D eigenvalue weighted by Gasteiger charge is 2.08. The van der Waals surface area contributed by atoms with Crippen LogP contribution in [0.2, 0.25) is 0 Å². The molecule has 0 aliphatic heterocycles. The number of nitrogens with one attached hydrogen (secondary N) is 1. The van der Waals surface area contributed by atoms with E-state index in [1.54, 1.807) is 19.2 Å². The van der Waals surface area contributed by atoms with Crippen molar-refractivity contribution in [3.8, 4) is 5.75 Å². The molecule has 1 aromatic rings. The number of nitrogens with two attached hydrogens (primary N) is 1. The second-order valence-electron chi connectivity index (χ2n) is 3.90. The van der Waals surface area contributed by atoms with E-state index in [1.165, 1.54) is 0 Å². The van der Waals surface area contributed by atoms with Crippen LogP contribution in [0.5, 0.6) is 5.75 Å². The van der Waals surface area contributed by atoms with E-state index in [0.29, 0.717) is 18.7 Å². The summed E-state index contributed by atoms with van der Waals surface area (Å²) in [7, 11) is 3.52. The van der Waals surface area contributed by atoms with Crippen molar-refractivity contribution < 1.29 is 9.84 Å². The van der Waals surface area contributed by atoms with Gasteiger partial charge in [-0.3, -0.25) is 10.3 Å². The zero-order chi connectivity index (χ0) is 12.8. The number of amidine groups is 1. The van der Waals surface area contributed by atoms with Gasteiger partial charge < -0.3 is 15.6 Å². The van der Waals surface area contributed by atoms with Gasteiger partial charge in [-0.1, -0.05) is 0 Å². The molecular formula is C12H19N3O2. The van der Waals surface area contributed by atoms with Gasteiger partial charge in [0.1, 0.15) is 11.6 Å². The smallest absolute Gasteiger partial charge is 0.123 e. The number of hydrogen-bond donors (Lipinski definition) is 3. The molecule has 94 valence electrons. The molecule has 1 rings (SSSR count). The lowest BCUT2D eigenvalue weighted by Gasteiger charge is -2.17. The van der Waals surface area contributed by atoms with Crippen LogP contribution < -0.4 is 10.5 Å². The van der Waals surface area contributed by atoms with E-state index in [1.807, 2.05) is 18.0 Å². The molecule has 0 amide bonds. The van der Waals surface area contributed by atoms with Crippen molar-refractivity contribution in [2.45, 2.75) is 6.54 Å². The van der Waals surface area contributed by atoms with Gasteiger partial charge in [0.05, 0.1) is 13.7 Å². The molecule has 0 atom stereocenters. The highest BCUT2D eigenvalue weighted by molar-refractivity contribution is 5.95. The Morgan fingerprint density at radius 1 is 1.53 bits per heavy atom. The lowest BCUT2D eigenvalue weighted by atomic mass is 10.1. The van der Waals surface area contributed by atoms with Gasteiger partial charge in [-0.15, -0.1) is 0 Å². The Hall–Kier alpha value is -1.59. The number of nitrogens with zero attached hydrogens (tertiary/aromatic N) is 1. The summed E-state index contributed by atoms with van der Waals surface area (Å²) >= 11 is 0. The van der Waals surface area contributed by atoms with Crippen LogP contribution in [-0.4, -0.2) is 43.2 Å². The number of aliphatic hydroxyl groups excluding tert-OH is 1. The van der Waals surface area contributed by atoms with Gasteiger partial charge in [-0.2, -0.15) is 0 Å². The first-order valence-corrected chi connectivity index (χ1v) is 5.39. The molecule has 5 heteroatoms. The van der Waals surface area contributed by atoms with Gasteiger partial charge in [0, 0.05) is 24.2 Å². The van der Waals surface area contributed by atoms with E-state index in [2.05, 4.69) is 0 Å². The summed E-state index contributed by atoms with van der Waals surface area (Å²) in [5.41, 5.74) is 7.09. The summed E-state index contributed by atoms with van der Waals surface area (Å²) in [6.45, 7) is 1.35. The first-order valence-electron chi connectivity index (χ1n) is 5.39. The van der Waals surface area contributed by atoms with Crippen molar-refractivity contribution in [3.05, 3.63) is 29.3 Å². The second kappa shape index (κ2) is 6.22. The predicted octanol–water partition coefficient (Wildman–Crippen LogP) is 0.403. The fourth-order valence-electron chi connectivity index (χ4n) is 1.61.